The number of benzene rings is 1. The fourth-order valence-corrected chi connectivity index (χ4v) is 2.07. The van der Waals surface area contributed by atoms with Crippen LogP contribution in [0.2, 0.25) is 0 Å². The molecule has 1 aromatic carbocycles. The SMILES string of the molecule is Cc1cc(Br)cc(C(=O)NCCCC(F)(F)F)c1. The summed E-state index contributed by atoms with van der Waals surface area (Å²) in [6, 6.07) is 5.16. The summed E-state index contributed by atoms with van der Waals surface area (Å²) < 4.78 is 36.4. The maximum Gasteiger partial charge on any atom is 0.389 e. The van der Waals surface area contributed by atoms with Gasteiger partial charge in [0.2, 0.25) is 0 Å². The van der Waals surface area contributed by atoms with Crippen molar-refractivity contribution in [3.63, 3.8) is 0 Å². The summed E-state index contributed by atoms with van der Waals surface area (Å²) in [5, 5.41) is 2.47. The van der Waals surface area contributed by atoms with Crippen LogP contribution >= 0.6 is 15.9 Å². The van der Waals surface area contributed by atoms with E-state index in [2.05, 4.69) is 21.2 Å². The van der Waals surface area contributed by atoms with E-state index in [1.807, 2.05) is 13.0 Å². The number of aryl methyl sites for hydroxylation is 1. The number of alkyl halides is 3. The van der Waals surface area contributed by atoms with Crippen molar-refractivity contribution in [2.75, 3.05) is 6.54 Å². The van der Waals surface area contributed by atoms with Crippen LogP contribution in [0.15, 0.2) is 22.7 Å². The Morgan fingerprint density at radius 3 is 2.56 bits per heavy atom. The van der Waals surface area contributed by atoms with Gasteiger partial charge in [-0.15, -0.1) is 0 Å². The molecule has 18 heavy (non-hydrogen) atoms. The van der Waals surface area contributed by atoms with Crippen molar-refractivity contribution in [1.82, 2.24) is 5.32 Å². The average molecular weight is 324 g/mol. The third-order valence-electron chi connectivity index (χ3n) is 2.23. The molecule has 0 saturated carbocycles. The van der Waals surface area contributed by atoms with E-state index in [-0.39, 0.29) is 18.9 Å². The Bertz CT molecular complexity index is 412. The van der Waals surface area contributed by atoms with Gasteiger partial charge in [-0.25, -0.2) is 0 Å². The van der Waals surface area contributed by atoms with Crippen molar-refractivity contribution in [2.24, 2.45) is 0 Å². The number of rotatable bonds is 4. The average Bonchev–Trinajstić information content (AvgIpc) is 2.21. The van der Waals surface area contributed by atoms with E-state index < -0.39 is 12.6 Å². The van der Waals surface area contributed by atoms with Gasteiger partial charge in [-0.1, -0.05) is 15.9 Å². The number of carbonyl (C=O) groups is 1. The molecule has 2 nitrogen and oxygen atoms in total. The zero-order valence-electron chi connectivity index (χ0n) is 9.77. The molecule has 0 bridgehead atoms. The highest BCUT2D eigenvalue weighted by molar-refractivity contribution is 9.10. The first-order chi connectivity index (χ1) is 8.28. The Balaban J connectivity index is 2.46. The summed E-state index contributed by atoms with van der Waals surface area (Å²) in [5.74, 6) is -0.360. The number of carbonyl (C=O) groups excluding carboxylic acids is 1. The fourth-order valence-electron chi connectivity index (χ4n) is 1.46. The van der Waals surface area contributed by atoms with Crippen LogP contribution in [0.25, 0.3) is 0 Å². The summed E-state index contributed by atoms with van der Waals surface area (Å²) in [4.78, 5) is 11.7. The van der Waals surface area contributed by atoms with Gasteiger partial charge in [0.25, 0.3) is 5.91 Å². The molecule has 100 valence electrons. The van der Waals surface area contributed by atoms with E-state index in [9.17, 15) is 18.0 Å². The molecular formula is C12H13BrF3NO. The molecule has 1 aromatic rings. The number of nitrogens with one attached hydrogen (secondary N) is 1. The highest BCUT2D eigenvalue weighted by Gasteiger charge is 2.25. The second-order valence-electron chi connectivity index (χ2n) is 3.99. The van der Waals surface area contributed by atoms with E-state index in [1.54, 1.807) is 12.1 Å². The topological polar surface area (TPSA) is 29.1 Å². The monoisotopic (exact) mass is 323 g/mol. The van der Waals surface area contributed by atoms with Gasteiger partial charge in [0.1, 0.15) is 0 Å². The Labute approximate surface area is 112 Å². The van der Waals surface area contributed by atoms with Crippen molar-refractivity contribution in [1.29, 1.82) is 0 Å². The smallest absolute Gasteiger partial charge is 0.352 e. The molecule has 0 radical (unpaired) electrons. The summed E-state index contributed by atoms with van der Waals surface area (Å²) in [7, 11) is 0. The normalized spacial score (nSPS) is 11.4. The first-order valence-electron chi connectivity index (χ1n) is 5.40. The maximum atomic E-state index is 11.9. The molecule has 0 atom stereocenters. The van der Waals surface area contributed by atoms with Gasteiger partial charge in [-0.3, -0.25) is 4.79 Å². The maximum absolute atomic E-state index is 11.9. The summed E-state index contributed by atoms with van der Waals surface area (Å²) in [6.07, 6.45) is -5.16. The van der Waals surface area contributed by atoms with Crippen LogP contribution in [0.3, 0.4) is 0 Å². The Morgan fingerprint density at radius 1 is 1.33 bits per heavy atom. The van der Waals surface area contributed by atoms with Crippen LogP contribution < -0.4 is 5.32 Å². The molecule has 0 spiro atoms. The standard InChI is InChI=1S/C12H13BrF3NO/c1-8-5-9(7-10(13)6-8)11(18)17-4-2-3-12(14,15)16/h5-7H,2-4H2,1H3,(H,17,18). The van der Waals surface area contributed by atoms with Crippen LogP contribution in [0.1, 0.15) is 28.8 Å². The van der Waals surface area contributed by atoms with Crippen LogP contribution in [0.5, 0.6) is 0 Å². The van der Waals surface area contributed by atoms with Gasteiger partial charge in [0, 0.05) is 23.0 Å². The molecule has 0 saturated heterocycles. The number of hydrogen-bond donors (Lipinski definition) is 1. The van der Waals surface area contributed by atoms with Gasteiger partial charge in [-0.05, 0) is 37.1 Å². The molecule has 0 fully saturated rings. The first-order valence-corrected chi connectivity index (χ1v) is 6.19. The van der Waals surface area contributed by atoms with E-state index in [0.29, 0.717) is 5.56 Å². The number of amides is 1. The first kappa shape index (κ1) is 15.0. The lowest BCUT2D eigenvalue weighted by Gasteiger charge is -2.08. The lowest BCUT2D eigenvalue weighted by molar-refractivity contribution is -0.135. The van der Waals surface area contributed by atoms with E-state index in [1.165, 1.54) is 0 Å². The molecule has 1 rings (SSSR count). The summed E-state index contributed by atoms with van der Waals surface area (Å²) in [6.45, 7) is 1.86. The molecule has 0 aliphatic carbocycles. The Kier molecular flexibility index (Phi) is 5.19. The number of halogens is 4. The van der Waals surface area contributed by atoms with E-state index >= 15 is 0 Å². The minimum atomic E-state index is -4.17. The van der Waals surface area contributed by atoms with Gasteiger partial charge in [0.15, 0.2) is 0 Å². The van der Waals surface area contributed by atoms with Gasteiger partial charge in [0.05, 0.1) is 0 Å². The zero-order valence-corrected chi connectivity index (χ0v) is 11.4. The molecule has 6 heteroatoms. The van der Waals surface area contributed by atoms with Crippen LogP contribution in [-0.2, 0) is 0 Å². The highest BCUT2D eigenvalue weighted by atomic mass is 79.9. The number of hydrogen-bond acceptors (Lipinski definition) is 1. The van der Waals surface area contributed by atoms with Crippen molar-refractivity contribution in [3.8, 4) is 0 Å². The van der Waals surface area contributed by atoms with Gasteiger partial charge >= 0.3 is 6.18 Å². The second kappa shape index (κ2) is 6.22. The van der Waals surface area contributed by atoms with Crippen molar-refractivity contribution in [2.45, 2.75) is 25.9 Å². The summed E-state index contributed by atoms with van der Waals surface area (Å²) >= 11 is 3.26. The lowest BCUT2D eigenvalue weighted by Crippen LogP contribution is -2.25. The van der Waals surface area contributed by atoms with Crippen molar-refractivity contribution >= 4 is 21.8 Å². The predicted molar refractivity (Wildman–Crippen MR) is 66.5 cm³/mol. The Morgan fingerprint density at radius 2 is 2.00 bits per heavy atom. The van der Waals surface area contributed by atoms with Crippen LogP contribution in [-0.4, -0.2) is 18.6 Å². The quantitative estimate of drug-likeness (QED) is 0.838. The molecule has 0 aliphatic rings. The van der Waals surface area contributed by atoms with Gasteiger partial charge in [-0.2, -0.15) is 13.2 Å². The molecule has 0 heterocycles. The third-order valence-corrected chi connectivity index (χ3v) is 2.68. The highest BCUT2D eigenvalue weighted by Crippen LogP contribution is 2.20. The molecule has 0 aliphatic heterocycles. The van der Waals surface area contributed by atoms with Crippen molar-refractivity contribution in [3.05, 3.63) is 33.8 Å². The minimum Gasteiger partial charge on any atom is -0.352 e. The molecule has 1 N–H and O–H groups in total. The molecule has 0 aromatic heterocycles. The third kappa shape index (κ3) is 5.53. The van der Waals surface area contributed by atoms with E-state index in [4.69, 9.17) is 0 Å². The van der Waals surface area contributed by atoms with Crippen molar-refractivity contribution < 1.29 is 18.0 Å². The van der Waals surface area contributed by atoms with Crippen LogP contribution in [0, 0.1) is 6.92 Å². The molecule has 0 unspecified atom stereocenters. The minimum absolute atomic E-state index is 0.0178. The Hall–Kier alpha value is -1.04. The zero-order chi connectivity index (χ0) is 13.8. The van der Waals surface area contributed by atoms with Gasteiger partial charge < -0.3 is 5.32 Å². The predicted octanol–water partition coefficient (Wildman–Crippen LogP) is 3.83. The summed E-state index contributed by atoms with van der Waals surface area (Å²) in [5.41, 5.74) is 1.35. The second-order valence-corrected chi connectivity index (χ2v) is 4.91. The fraction of sp³-hybridized carbons (Fsp3) is 0.417. The lowest BCUT2D eigenvalue weighted by atomic mass is 10.1. The van der Waals surface area contributed by atoms with Crippen LogP contribution in [0.4, 0.5) is 13.2 Å². The largest absolute Gasteiger partial charge is 0.389 e. The molecular weight excluding hydrogens is 311 g/mol. The van der Waals surface area contributed by atoms with E-state index in [0.717, 1.165) is 10.0 Å². The molecule has 1 amide bonds.